The van der Waals surface area contributed by atoms with E-state index in [-0.39, 0.29) is 13.2 Å². The normalized spacial score (nSPS) is 43.6. The molecule has 0 aliphatic carbocycles. The number of methoxy groups -OCH3 is 1. The molecule has 0 saturated carbocycles. The third-order valence-corrected chi connectivity index (χ3v) is 11.5. The van der Waals surface area contributed by atoms with Crippen molar-refractivity contribution in [3.8, 4) is 0 Å². The minimum atomic E-state index is -1.96. The van der Waals surface area contributed by atoms with Gasteiger partial charge in [0.25, 0.3) is 0 Å². The Hall–Kier alpha value is -1.22. The topological polar surface area (TPSA) is 395 Å². The van der Waals surface area contributed by atoms with Crippen molar-refractivity contribution in [1.82, 2.24) is 0 Å². The predicted octanol–water partition coefficient (Wildman–Crippen LogP) is -6.50. The van der Waals surface area contributed by atoms with E-state index in [2.05, 4.69) is 10.0 Å². The zero-order chi connectivity index (χ0) is 43.4. The maximum absolute atomic E-state index is 11.0. The molecule has 25 nitrogen and oxygen atoms in total. The van der Waals surface area contributed by atoms with Crippen molar-refractivity contribution in [1.29, 1.82) is 0 Å². The molecule has 0 bridgehead atoms. The fourth-order valence-corrected chi connectivity index (χ4v) is 7.91. The Labute approximate surface area is 342 Å². The summed E-state index contributed by atoms with van der Waals surface area (Å²) in [5.74, 6) is 0.722. The molecule has 0 radical (unpaired) electrons. The van der Waals surface area contributed by atoms with Gasteiger partial charge in [-0.15, -0.1) is 0 Å². The zero-order valence-corrected chi connectivity index (χ0v) is 33.0. The molecule has 4 aliphatic heterocycles. The number of aliphatic hydroxyl groups is 13. The van der Waals surface area contributed by atoms with Gasteiger partial charge in [-0.05, 0) is 18.4 Å². The molecule has 4 fully saturated rings. The highest BCUT2D eigenvalue weighted by molar-refractivity contribution is 7.99. The molecule has 4 heterocycles. The van der Waals surface area contributed by atoms with Crippen LogP contribution in [0.15, 0.2) is 5.11 Å². The number of azide groups is 1. The summed E-state index contributed by atoms with van der Waals surface area (Å²) < 4.78 is 49.4. The molecule has 13 N–H and O–H groups in total. The molecule has 26 heteroatoms. The van der Waals surface area contributed by atoms with Gasteiger partial charge in [-0.2, -0.15) is 11.8 Å². The summed E-state index contributed by atoms with van der Waals surface area (Å²) in [6, 6.07) is -0.408. The third-order valence-electron chi connectivity index (χ3n) is 10.4. The van der Waals surface area contributed by atoms with E-state index in [1.54, 1.807) is 0 Å². The van der Waals surface area contributed by atoms with Crippen molar-refractivity contribution in [2.45, 2.75) is 148 Å². The van der Waals surface area contributed by atoms with Crippen LogP contribution in [0.4, 0.5) is 0 Å². The lowest BCUT2D eigenvalue weighted by Crippen LogP contribution is -2.66. The minimum absolute atomic E-state index is 0.0160. The molecule has 0 aromatic heterocycles. The maximum atomic E-state index is 11.0. The first-order chi connectivity index (χ1) is 28.3. The standard InChI is InChI=1S/C33H59N3O22S/c1-50-30-24(47)20(43)27(15(9-38)54-30)51-5-3-2-4-13(35-36-34)12-59-7-6-52-31-25(48)21(44)28(16(10-39)55-31)58-33-26(49)22(45)29(17(11-40)56-33)57-32-23(46)19(42)18(41)14(8-37)53-32/h13-33,37-49H,2-12H2,1H3/t13-,14-,15-,16-,17-,18-,19+,20-,21-,22-,23-,24-,25-,26-,27-,28-,29-,30+,31+,32-,33-/m1/s1. The number of thioether (sulfide) groups is 1. The predicted molar refractivity (Wildman–Crippen MR) is 194 cm³/mol. The molecule has 0 aromatic carbocycles. The van der Waals surface area contributed by atoms with Crippen LogP contribution >= 0.6 is 11.8 Å². The van der Waals surface area contributed by atoms with E-state index < -0.39 is 155 Å². The van der Waals surface area contributed by atoms with Gasteiger partial charge in [0.15, 0.2) is 25.2 Å². The molecule has 0 spiro atoms. The fourth-order valence-electron chi connectivity index (χ4n) is 7.03. The Balaban J connectivity index is 1.20. The van der Waals surface area contributed by atoms with Gasteiger partial charge in [0.1, 0.15) is 97.7 Å². The van der Waals surface area contributed by atoms with Crippen LogP contribution in [0, 0.1) is 0 Å². The molecule has 0 unspecified atom stereocenters. The second kappa shape index (κ2) is 24.6. The van der Waals surface area contributed by atoms with Crippen LogP contribution in [0.25, 0.3) is 10.4 Å². The van der Waals surface area contributed by atoms with Crippen molar-refractivity contribution in [2.75, 3.05) is 58.3 Å². The lowest BCUT2D eigenvalue weighted by Gasteiger charge is -2.48. The molecular weight excluding hydrogens is 822 g/mol. The van der Waals surface area contributed by atoms with Crippen LogP contribution in [-0.2, 0) is 42.6 Å². The summed E-state index contributed by atoms with van der Waals surface area (Å²) in [6.07, 6.45) is -29.4. The van der Waals surface area contributed by atoms with Gasteiger partial charge >= 0.3 is 0 Å². The van der Waals surface area contributed by atoms with E-state index in [9.17, 15) is 66.4 Å². The molecular formula is C33H59N3O22S. The Bertz CT molecular complexity index is 1260. The first kappa shape index (κ1) is 50.4. The highest BCUT2D eigenvalue weighted by Crippen LogP contribution is 2.33. The molecule has 344 valence electrons. The molecule has 0 amide bonds. The summed E-state index contributed by atoms with van der Waals surface area (Å²) in [5.41, 5.74) is 9.04. The molecule has 4 saturated heterocycles. The summed E-state index contributed by atoms with van der Waals surface area (Å²) in [4.78, 5) is 2.90. The number of rotatable bonds is 22. The van der Waals surface area contributed by atoms with Crippen LogP contribution in [-0.4, -0.2) is 254 Å². The average Bonchev–Trinajstić information content (AvgIpc) is 3.23. The Morgan fingerprint density at radius 3 is 1.59 bits per heavy atom. The summed E-state index contributed by atoms with van der Waals surface area (Å²) >= 11 is 1.36. The monoisotopic (exact) mass is 881 g/mol. The van der Waals surface area contributed by atoms with E-state index in [1.165, 1.54) is 18.9 Å². The van der Waals surface area contributed by atoms with Gasteiger partial charge in [-0.1, -0.05) is 11.5 Å². The quantitative estimate of drug-likeness (QED) is 0.0208. The van der Waals surface area contributed by atoms with E-state index in [0.29, 0.717) is 30.8 Å². The van der Waals surface area contributed by atoms with Gasteiger partial charge in [-0.25, -0.2) is 0 Å². The Kier molecular flexibility index (Phi) is 21.0. The molecule has 21 atom stereocenters. The number of ether oxygens (including phenoxy) is 9. The van der Waals surface area contributed by atoms with Crippen molar-refractivity contribution in [2.24, 2.45) is 5.11 Å². The Morgan fingerprint density at radius 1 is 0.559 bits per heavy atom. The van der Waals surface area contributed by atoms with Gasteiger partial charge in [0.2, 0.25) is 0 Å². The van der Waals surface area contributed by atoms with E-state index >= 15 is 0 Å². The second-order valence-electron chi connectivity index (χ2n) is 14.4. The average molecular weight is 882 g/mol. The molecule has 4 rings (SSSR count). The Morgan fingerprint density at radius 2 is 1.03 bits per heavy atom. The van der Waals surface area contributed by atoms with Gasteiger partial charge in [0, 0.05) is 36.2 Å². The minimum Gasteiger partial charge on any atom is -0.394 e. The summed E-state index contributed by atoms with van der Waals surface area (Å²) in [6.45, 7) is -2.71. The zero-order valence-electron chi connectivity index (χ0n) is 32.1. The summed E-state index contributed by atoms with van der Waals surface area (Å²) in [7, 11) is 1.30. The number of unbranched alkanes of at least 4 members (excludes halogenated alkanes) is 1. The second-order valence-corrected chi connectivity index (χ2v) is 15.5. The van der Waals surface area contributed by atoms with E-state index in [1.807, 2.05) is 0 Å². The lowest BCUT2D eigenvalue weighted by atomic mass is 9.96. The molecule has 4 aliphatic rings. The van der Waals surface area contributed by atoms with Crippen LogP contribution in [0.1, 0.15) is 19.3 Å². The first-order valence-electron chi connectivity index (χ1n) is 19.1. The number of aliphatic hydroxyl groups excluding tert-OH is 13. The summed E-state index contributed by atoms with van der Waals surface area (Å²) in [5, 5.41) is 138. The van der Waals surface area contributed by atoms with Crippen molar-refractivity contribution < 1.29 is 109 Å². The van der Waals surface area contributed by atoms with E-state index in [0.717, 1.165) is 0 Å². The van der Waals surface area contributed by atoms with Crippen LogP contribution < -0.4 is 0 Å². The smallest absolute Gasteiger partial charge is 0.187 e. The molecule has 59 heavy (non-hydrogen) atoms. The van der Waals surface area contributed by atoms with Gasteiger partial charge in [-0.3, -0.25) is 0 Å². The molecule has 0 aromatic rings. The van der Waals surface area contributed by atoms with Crippen molar-refractivity contribution in [3.05, 3.63) is 10.4 Å². The number of nitrogens with zero attached hydrogens (tertiary/aromatic N) is 3. The highest BCUT2D eigenvalue weighted by atomic mass is 32.2. The lowest BCUT2D eigenvalue weighted by molar-refractivity contribution is -0.379. The SMILES string of the molecule is CO[C@H]1O[C@H](CO)[C@@H](OCCCC[C@H](CSCCO[C@H]2O[C@H](CO)[C@@H](O[C@H]3O[C@H](CO)[C@@H](O[C@H]4O[C@H](CO)[C@@H](O)[C@H](O)[C@H]4O)[C@H](O)[C@H]3O)[C@H](O)[C@H]2O)N=[N+]=[N-])[C@H](O)[C@H]1O. The largest absolute Gasteiger partial charge is 0.394 e. The van der Waals surface area contributed by atoms with Gasteiger partial charge in [0.05, 0.1) is 33.0 Å². The number of hydrogen-bond acceptors (Lipinski definition) is 24. The van der Waals surface area contributed by atoms with Crippen LogP contribution in [0.3, 0.4) is 0 Å². The first-order valence-corrected chi connectivity index (χ1v) is 20.3. The third kappa shape index (κ3) is 12.7. The highest BCUT2D eigenvalue weighted by Gasteiger charge is 2.53. The van der Waals surface area contributed by atoms with Gasteiger partial charge < -0.3 is 109 Å². The maximum Gasteiger partial charge on any atom is 0.187 e. The van der Waals surface area contributed by atoms with Crippen LogP contribution in [0.2, 0.25) is 0 Å². The van der Waals surface area contributed by atoms with Crippen molar-refractivity contribution >= 4 is 11.8 Å². The van der Waals surface area contributed by atoms with Crippen molar-refractivity contribution in [3.63, 3.8) is 0 Å². The van der Waals surface area contributed by atoms with E-state index in [4.69, 9.17) is 48.2 Å². The van der Waals surface area contributed by atoms with Crippen LogP contribution in [0.5, 0.6) is 0 Å². The number of hydrogen-bond donors (Lipinski definition) is 13. The fraction of sp³-hybridized carbons (Fsp3) is 1.00.